The van der Waals surface area contributed by atoms with Crippen molar-refractivity contribution in [2.45, 2.75) is 0 Å². The maximum absolute atomic E-state index is 13.2. The molecule has 1 aliphatic heterocycles. The van der Waals surface area contributed by atoms with Crippen LogP contribution in [0.2, 0.25) is 0 Å². The summed E-state index contributed by atoms with van der Waals surface area (Å²) in [4.78, 5) is 13.8. The maximum atomic E-state index is 13.2. The highest BCUT2D eigenvalue weighted by Crippen LogP contribution is 2.19. The largest absolute Gasteiger partial charge is 0.494 e. The van der Waals surface area contributed by atoms with E-state index in [-0.39, 0.29) is 11.7 Å². The summed E-state index contributed by atoms with van der Waals surface area (Å²) in [6, 6.07) is 4.13. The lowest BCUT2D eigenvalue weighted by atomic mass is 10.1. The third-order valence-corrected chi connectivity index (χ3v) is 2.70. The molecule has 2 rings (SSSR count). The molecule has 0 bridgehead atoms. The van der Waals surface area contributed by atoms with Crippen LogP contribution >= 0.6 is 0 Å². The van der Waals surface area contributed by atoms with Crippen molar-refractivity contribution in [3.63, 3.8) is 0 Å². The average molecular weight is 239 g/mol. The molecule has 1 amide bonds. The minimum absolute atomic E-state index is 0.0871. The number of rotatable bonds is 2. The lowest BCUT2D eigenvalue weighted by Gasteiger charge is -2.26. The highest BCUT2D eigenvalue weighted by molar-refractivity contribution is 5.94. The highest BCUT2D eigenvalue weighted by atomic mass is 19.1. The summed E-state index contributed by atoms with van der Waals surface area (Å²) in [7, 11) is 1.38. The van der Waals surface area contributed by atoms with E-state index in [0.717, 1.165) is 0 Å². The van der Waals surface area contributed by atoms with Gasteiger partial charge >= 0.3 is 0 Å². The number of hydrogen-bond donors (Lipinski definition) is 0. The van der Waals surface area contributed by atoms with Gasteiger partial charge in [-0.25, -0.2) is 4.39 Å². The molecule has 1 aromatic rings. The van der Waals surface area contributed by atoms with Crippen LogP contribution in [0.1, 0.15) is 10.4 Å². The first-order valence-electron chi connectivity index (χ1n) is 5.43. The van der Waals surface area contributed by atoms with Gasteiger partial charge in [0, 0.05) is 18.7 Å². The van der Waals surface area contributed by atoms with Crippen LogP contribution in [0.15, 0.2) is 18.2 Å². The minimum atomic E-state index is -0.467. The van der Waals surface area contributed by atoms with E-state index in [1.807, 2.05) is 0 Å². The fourth-order valence-electron chi connectivity index (χ4n) is 1.74. The summed E-state index contributed by atoms with van der Waals surface area (Å²) in [6.45, 7) is 2.23. The van der Waals surface area contributed by atoms with Crippen molar-refractivity contribution < 1.29 is 18.7 Å². The monoisotopic (exact) mass is 239 g/mol. The SMILES string of the molecule is COc1cc(C(=O)N2CCOCC2)ccc1F. The van der Waals surface area contributed by atoms with Crippen LogP contribution < -0.4 is 4.74 Å². The number of carbonyl (C=O) groups excluding carboxylic acids is 1. The zero-order valence-corrected chi connectivity index (χ0v) is 9.61. The van der Waals surface area contributed by atoms with Crippen LogP contribution in [0.5, 0.6) is 5.75 Å². The Hall–Kier alpha value is -1.62. The zero-order chi connectivity index (χ0) is 12.3. The number of amides is 1. The fourth-order valence-corrected chi connectivity index (χ4v) is 1.74. The van der Waals surface area contributed by atoms with E-state index < -0.39 is 5.82 Å². The Morgan fingerprint density at radius 2 is 2.12 bits per heavy atom. The number of benzene rings is 1. The number of morpholine rings is 1. The Kier molecular flexibility index (Phi) is 3.58. The first-order valence-corrected chi connectivity index (χ1v) is 5.43. The van der Waals surface area contributed by atoms with Crippen LogP contribution in [0.3, 0.4) is 0 Å². The van der Waals surface area contributed by atoms with E-state index in [1.54, 1.807) is 4.90 Å². The van der Waals surface area contributed by atoms with Crippen molar-refractivity contribution in [2.75, 3.05) is 33.4 Å². The van der Waals surface area contributed by atoms with Gasteiger partial charge in [0.1, 0.15) is 0 Å². The molecular formula is C12H14FNO3. The molecule has 4 nitrogen and oxygen atoms in total. The topological polar surface area (TPSA) is 38.8 Å². The third-order valence-electron chi connectivity index (χ3n) is 2.70. The predicted octanol–water partition coefficient (Wildman–Crippen LogP) is 1.31. The van der Waals surface area contributed by atoms with Crippen molar-refractivity contribution >= 4 is 5.91 Å². The van der Waals surface area contributed by atoms with E-state index in [0.29, 0.717) is 31.9 Å². The molecule has 1 saturated heterocycles. The first-order chi connectivity index (χ1) is 8.22. The Balaban J connectivity index is 2.18. The highest BCUT2D eigenvalue weighted by Gasteiger charge is 2.19. The number of hydrogen-bond acceptors (Lipinski definition) is 3. The van der Waals surface area contributed by atoms with Crippen molar-refractivity contribution in [1.82, 2.24) is 4.90 Å². The van der Waals surface area contributed by atoms with Gasteiger partial charge in [0.15, 0.2) is 11.6 Å². The molecule has 0 aliphatic carbocycles. The van der Waals surface area contributed by atoms with Gasteiger partial charge in [0.2, 0.25) is 0 Å². The second kappa shape index (κ2) is 5.14. The second-order valence-corrected chi connectivity index (χ2v) is 3.75. The van der Waals surface area contributed by atoms with Crippen molar-refractivity contribution in [3.05, 3.63) is 29.6 Å². The molecular weight excluding hydrogens is 225 g/mol. The van der Waals surface area contributed by atoms with Crippen LogP contribution in [-0.2, 0) is 4.74 Å². The molecule has 1 fully saturated rings. The zero-order valence-electron chi connectivity index (χ0n) is 9.61. The molecule has 0 N–H and O–H groups in total. The van der Waals surface area contributed by atoms with E-state index in [2.05, 4.69) is 0 Å². The molecule has 17 heavy (non-hydrogen) atoms. The van der Waals surface area contributed by atoms with Crippen LogP contribution in [0.25, 0.3) is 0 Å². The van der Waals surface area contributed by atoms with Gasteiger partial charge in [-0.2, -0.15) is 0 Å². The summed E-state index contributed by atoms with van der Waals surface area (Å²) >= 11 is 0. The molecule has 92 valence electrons. The summed E-state index contributed by atoms with van der Waals surface area (Å²) in [6.07, 6.45) is 0. The Morgan fingerprint density at radius 1 is 1.41 bits per heavy atom. The molecule has 0 radical (unpaired) electrons. The summed E-state index contributed by atoms with van der Waals surface area (Å²) in [5.41, 5.74) is 0.435. The maximum Gasteiger partial charge on any atom is 0.254 e. The Morgan fingerprint density at radius 3 is 2.76 bits per heavy atom. The lowest BCUT2D eigenvalue weighted by molar-refractivity contribution is 0.0302. The number of halogens is 1. The molecule has 1 heterocycles. The van der Waals surface area contributed by atoms with Gasteiger partial charge in [-0.1, -0.05) is 0 Å². The normalized spacial score (nSPS) is 15.8. The summed E-state index contributed by atoms with van der Waals surface area (Å²) in [5.74, 6) is -0.498. The smallest absolute Gasteiger partial charge is 0.254 e. The fraction of sp³-hybridized carbons (Fsp3) is 0.417. The quantitative estimate of drug-likeness (QED) is 0.781. The molecule has 0 spiro atoms. The third kappa shape index (κ3) is 2.55. The van der Waals surface area contributed by atoms with Crippen molar-refractivity contribution in [1.29, 1.82) is 0 Å². The predicted molar refractivity (Wildman–Crippen MR) is 59.7 cm³/mol. The standard InChI is InChI=1S/C12H14FNO3/c1-16-11-8-9(2-3-10(11)13)12(15)14-4-6-17-7-5-14/h2-3,8H,4-7H2,1H3. The molecule has 0 unspecified atom stereocenters. The van der Waals surface area contributed by atoms with Crippen LogP contribution in [0.4, 0.5) is 4.39 Å². The second-order valence-electron chi connectivity index (χ2n) is 3.75. The van der Waals surface area contributed by atoms with E-state index >= 15 is 0 Å². The van der Waals surface area contributed by atoms with Gasteiger partial charge in [-0.15, -0.1) is 0 Å². The van der Waals surface area contributed by atoms with E-state index in [1.165, 1.54) is 25.3 Å². The number of ether oxygens (including phenoxy) is 2. The number of nitrogens with zero attached hydrogens (tertiary/aromatic N) is 1. The molecule has 1 aliphatic rings. The number of carbonyl (C=O) groups is 1. The van der Waals surface area contributed by atoms with Crippen molar-refractivity contribution in [3.8, 4) is 5.75 Å². The molecule has 1 aromatic carbocycles. The average Bonchev–Trinajstić information content (AvgIpc) is 2.39. The van der Waals surface area contributed by atoms with Crippen LogP contribution in [-0.4, -0.2) is 44.2 Å². The minimum Gasteiger partial charge on any atom is -0.494 e. The van der Waals surface area contributed by atoms with Crippen LogP contribution in [0, 0.1) is 5.82 Å². The molecule has 0 aromatic heterocycles. The van der Waals surface area contributed by atoms with Gasteiger partial charge in [-0.3, -0.25) is 4.79 Å². The lowest BCUT2D eigenvalue weighted by Crippen LogP contribution is -2.40. The van der Waals surface area contributed by atoms with Gasteiger partial charge in [0.25, 0.3) is 5.91 Å². The van der Waals surface area contributed by atoms with Gasteiger partial charge < -0.3 is 14.4 Å². The first kappa shape index (κ1) is 11.9. The van der Waals surface area contributed by atoms with E-state index in [9.17, 15) is 9.18 Å². The van der Waals surface area contributed by atoms with Gasteiger partial charge in [0.05, 0.1) is 20.3 Å². The Bertz CT molecular complexity index is 416. The van der Waals surface area contributed by atoms with Gasteiger partial charge in [-0.05, 0) is 18.2 Å². The summed E-state index contributed by atoms with van der Waals surface area (Å²) < 4.78 is 23.2. The molecule has 0 saturated carbocycles. The van der Waals surface area contributed by atoms with Crippen molar-refractivity contribution in [2.24, 2.45) is 0 Å². The summed E-state index contributed by atoms with van der Waals surface area (Å²) in [5, 5.41) is 0. The Labute approximate surface area is 98.9 Å². The molecule has 5 heteroatoms. The number of methoxy groups -OCH3 is 1. The van der Waals surface area contributed by atoms with E-state index in [4.69, 9.17) is 9.47 Å². The molecule has 0 atom stereocenters.